The van der Waals surface area contributed by atoms with E-state index in [-0.39, 0.29) is 6.03 Å². The predicted octanol–water partition coefficient (Wildman–Crippen LogP) is 4.12. The molecule has 3 rings (SSSR count). The number of carbonyl (C=O) groups excluding carboxylic acids is 1. The number of para-hydroxylation sites is 1. The van der Waals surface area contributed by atoms with Crippen molar-refractivity contribution in [3.63, 3.8) is 0 Å². The summed E-state index contributed by atoms with van der Waals surface area (Å²) in [6.45, 7) is 7.88. The van der Waals surface area contributed by atoms with Crippen molar-refractivity contribution in [2.45, 2.75) is 46.1 Å². The zero-order valence-corrected chi connectivity index (χ0v) is 12.6. The van der Waals surface area contributed by atoms with Crippen LogP contribution in [0.4, 0.5) is 10.5 Å². The molecule has 3 nitrogen and oxygen atoms in total. The summed E-state index contributed by atoms with van der Waals surface area (Å²) in [5, 5.41) is 3.03. The highest BCUT2D eigenvalue weighted by Gasteiger charge is 2.50. The molecule has 0 radical (unpaired) electrons. The third kappa shape index (κ3) is 2.54. The van der Waals surface area contributed by atoms with Crippen molar-refractivity contribution >= 4 is 11.7 Å². The largest absolute Gasteiger partial charge is 0.322 e. The van der Waals surface area contributed by atoms with Gasteiger partial charge in [-0.2, -0.15) is 0 Å². The Balaban J connectivity index is 1.74. The van der Waals surface area contributed by atoms with Crippen LogP contribution >= 0.6 is 0 Å². The van der Waals surface area contributed by atoms with Gasteiger partial charge in [0.25, 0.3) is 0 Å². The van der Waals surface area contributed by atoms with Crippen LogP contribution in [0.3, 0.4) is 0 Å². The quantitative estimate of drug-likeness (QED) is 0.819. The van der Waals surface area contributed by atoms with Crippen LogP contribution in [-0.4, -0.2) is 23.5 Å². The number of benzene rings is 1. The van der Waals surface area contributed by atoms with Crippen molar-refractivity contribution in [2.24, 2.45) is 10.8 Å². The predicted molar refractivity (Wildman–Crippen MR) is 81.7 cm³/mol. The monoisotopic (exact) mass is 272 g/mol. The molecule has 1 saturated heterocycles. The lowest BCUT2D eigenvalue weighted by atomic mass is 9.65. The van der Waals surface area contributed by atoms with Gasteiger partial charge in [0.1, 0.15) is 0 Å². The fourth-order valence-corrected chi connectivity index (χ4v) is 4.41. The van der Waals surface area contributed by atoms with Crippen molar-refractivity contribution < 1.29 is 4.79 Å². The first-order valence-electron chi connectivity index (χ1n) is 7.50. The highest BCUT2D eigenvalue weighted by atomic mass is 16.2. The van der Waals surface area contributed by atoms with Gasteiger partial charge in [-0.05, 0) is 42.2 Å². The molecule has 0 unspecified atom stereocenters. The summed E-state index contributed by atoms with van der Waals surface area (Å²) < 4.78 is 0. The summed E-state index contributed by atoms with van der Waals surface area (Å²) in [7, 11) is 0. The summed E-state index contributed by atoms with van der Waals surface area (Å²) >= 11 is 0. The van der Waals surface area contributed by atoms with Crippen LogP contribution in [0.2, 0.25) is 0 Å². The van der Waals surface area contributed by atoms with Gasteiger partial charge in [-0.25, -0.2) is 4.79 Å². The highest BCUT2D eigenvalue weighted by molar-refractivity contribution is 5.89. The van der Waals surface area contributed by atoms with Gasteiger partial charge in [-0.3, -0.25) is 0 Å². The minimum Gasteiger partial charge on any atom is -0.321 e. The van der Waals surface area contributed by atoms with Gasteiger partial charge in [-0.1, -0.05) is 39.0 Å². The van der Waals surface area contributed by atoms with Gasteiger partial charge in [-0.15, -0.1) is 0 Å². The number of amides is 2. The van der Waals surface area contributed by atoms with Gasteiger partial charge in [0.2, 0.25) is 0 Å². The molecule has 20 heavy (non-hydrogen) atoms. The number of nitrogens with one attached hydrogen (secondary N) is 1. The van der Waals surface area contributed by atoms with E-state index in [4.69, 9.17) is 0 Å². The standard InChI is InChI=1S/C17H24N2O/c1-16(2)9-14-10-17(3,11-16)12-19(14)15(20)18-13-7-5-4-6-8-13/h4-8,14H,9-12H2,1-3H3,(H,18,20)/t14-,17-/m0/s1. The van der Waals surface area contributed by atoms with E-state index in [1.807, 2.05) is 30.3 Å². The molecule has 2 fully saturated rings. The first-order chi connectivity index (χ1) is 9.37. The lowest BCUT2D eigenvalue weighted by Crippen LogP contribution is -2.40. The van der Waals surface area contributed by atoms with E-state index in [2.05, 4.69) is 31.0 Å². The van der Waals surface area contributed by atoms with E-state index in [0.717, 1.165) is 25.1 Å². The Morgan fingerprint density at radius 3 is 2.60 bits per heavy atom. The summed E-state index contributed by atoms with van der Waals surface area (Å²) in [5.41, 5.74) is 1.52. The van der Waals surface area contributed by atoms with Crippen LogP contribution in [0.25, 0.3) is 0 Å². The molecule has 1 N–H and O–H groups in total. The molecule has 2 aliphatic rings. The molecule has 1 aromatic carbocycles. The van der Waals surface area contributed by atoms with E-state index in [9.17, 15) is 4.79 Å². The van der Waals surface area contributed by atoms with Crippen molar-refractivity contribution in [1.82, 2.24) is 4.90 Å². The molecular formula is C17H24N2O. The number of rotatable bonds is 1. The highest BCUT2D eigenvalue weighted by Crippen LogP contribution is 2.52. The van der Waals surface area contributed by atoms with Gasteiger partial charge >= 0.3 is 6.03 Å². The molecule has 0 aromatic heterocycles. The van der Waals surface area contributed by atoms with Gasteiger partial charge in [0, 0.05) is 18.3 Å². The third-order valence-electron chi connectivity index (χ3n) is 4.70. The normalized spacial score (nSPS) is 31.1. The van der Waals surface area contributed by atoms with E-state index < -0.39 is 0 Å². The van der Waals surface area contributed by atoms with Crippen LogP contribution in [-0.2, 0) is 0 Å². The Hall–Kier alpha value is -1.51. The van der Waals surface area contributed by atoms with E-state index in [1.165, 1.54) is 6.42 Å². The maximum atomic E-state index is 12.5. The fraction of sp³-hybridized carbons (Fsp3) is 0.588. The van der Waals surface area contributed by atoms with E-state index in [0.29, 0.717) is 16.9 Å². The average Bonchev–Trinajstić information content (AvgIpc) is 2.60. The second-order valence-corrected chi connectivity index (χ2v) is 7.64. The molecule has 1 heterocycles. The zero-order valence-electron chi connectivity index (χ0n) is 12.6. The lowest BCUT2D eigenvalue weighted by Gasteiger charge is -2.39. The second kappa shape index (κ2) is 4.51. The van der Waals surface area contributed by atoms with Gasteiger partial charge < -0.3 is 10.2 Å². The van der Waals surface area contributed by atoms with Crippen molar-refractivity contribution in [3.05, 3.63) is 30.3 Å². The minimum atomic E-state index is 0.0580. The van der Waals surface area contributed by atoms with Crippen LogP contribution in [0.15, 0.2) is 30.3 Å². The SMILES string of the molecule is CC1(C)C[C@H]2C[C@](C)(CN2C(=O)Nc2ccccc2)C1. The lowest BCUT2D eigenvalue weighted by molar-refractivity contribution is 0.130. The Kier molecular flexibility index (Phi) is 3.03. The molecule has 3 heteroatoms. The molecule has 1 aliphatic heterocycles. The molecule has 2 atom stereocenters. The number of nitrogens with zero attached hydrogens (tertiary/aromatic N) is 1. The van der Waals surface area contributed by atoms with E-state index in [1.54, 1.807) is 0 Å². The number of hydrogen-bond acceptors (Lipinski definition) is 1. The molecule has 1 aromatic rings. The summed E-state index contributed by atoms with van der Waals surface area (Å²) in [4.78, 5) is 14.6. The first-order valence-corrected chi connectivity index (χ1v) is 7.50. The van der Waals surface area contributed by atoms with Crippen LogP contribution < -0.4 is 5.32 Å². The first kappa shape index (κ1) is 13.5. The molecule has 2 bridgehead atoms. The number of anilines is 1. The van der Waals surface area contributed by atoms with Crippen LogP contribution in [0.5, 0.6) is 0 Å². The Labute approximate surface area is 121 Å². The Bertz CT molecular complexity index is 511. The van der Waals surface area contributed by atoms with Crippen molar-refractivity contribution in [1.29, 1.82) is 0 Å². The average molecular weight is 272 g/mol. The number of urea groups is 1. The Morgan fingerprint density at radius 1 is 1.20 bits per heavy atom. The maximum absolute atomic E-state index is 12.5. The fourth-order valence-electron chi connectivity index (χ4n) is 4.41. The summed E-state index contributed by atoms with van der Waals surface area (Å²) in [6.07, 6.45) is 3.48. The molecule has 1 aliphatic carbocycles. The van der Waals surface area contributed by atoms with Gasteiger partial charge in [0.05, 0.1) is 0 Å². The molecule has 1 saturated carbocycles. The zero-order chi connectivity index (χ0) is 14.4. The summed E-state index contributed by atoms with van der Waals surface area (Å²) in [6, 6.07) is 10.2. The second-order valence-electron chi connectivity index (χ2n) is 7.64. The molecular weight excluding hydrogens is 248 g/mol. The van der Waals surface area contributed by atoms with Crippen molar-refractivity contribution in [2.75, 3.05) is 11.9 Å². The van der Waals surface area contributed by atoms with Crippen LogP contribution in [0.1, 0.15) is 40.0 Å². The molecule has 0 spiro atoms. The van der Waals surface area contributed by atoms with Crippen LogP contribution in [0, 0.1) is 10.8 Å². The number of likely N-dealkylation sites (tertiary alicyclic amines) is 1. The number of hydrogen-bond donors (Lipinski definition) is 1. The number of carbonyl (C=O) groups is 1. The van der Waals surface area contributed by atoms with Gasteiger partial charge in [0.15, 0.2) is 0 Å². The number of fused-ring (bicyclic) bond motifs is 2. The molecule has 108 valence electrons. The topological polar surface area (TPSA) is 32.3 Å². The molecule has 2 amide bonds. The Morgan fingerprint density at radius 2 is 1.90 bits per heavy atom. The smallest absolute Gasteiger partial charge is 0.321 e. The maximum Gasteiger partial charge on any atom is 0.322 e. The third-order valence-corrected chi connectivity index (χ3v) is 4.70. The summed E-state index contributed by atoms with van der Waals surface area (Å²) in [5.74, 6) is 0. The minimum absolute atomic E-state index is 0.0580. The van der Waals surface area contributed by atoms with Crippen molar-refractivity contribution in [3.8, 4) is 0 Å². The van der Waals surface area contributed by atoms with E-state index >= 15 is 0 Å².